The summed E-state index contributed by atoms with van der Waals surface area (Å²) in [5.41, 5.74) is 5.15. The molecule has 2 aromatic heterocycles. The van der Waals surface area contributed by atoms with Crippen molar-refractivity contribution >= 4 is 40.6 Å². The van der Waals surface area contributed by atoms with Gasteiger partial charge >= 0.3 is 5.97 Å². The zero-order valence-electron chi connectivity index (χ0n) is 22.6. The molecule has 3 heterocycles. The van der Waals surface area contributed by atoms with Crippen molar-refractivity contribution in [3.8, 4) is 11.3 Å². The van der Waals surface area contributed by atoms with Crippen LogP contribution in [0.5, 0.6) is 0 Å². The topological polar surface area (TPSA) is 108 Å². The molecule has 4 aromatic rings. The summed E-state index contributed by atoms with van der Waals surface area (Å²) < 4.78 is 6.45. The van der Waals surface area contributed by atoms with Gasteiger partial charge in [0, 0.05) is 29.1 Å². The lowest BCUT2D eigenvalue weighted by Gasteiger charge is -2.27. The highest BCUT2D eigenvalue weighted by Crippen LogP contribution is 2.43. The predicted octanol–water partition coefficient (Wildman–Crippen LogP) is 6.43. The highest BCUT2D eigenvalue weighted by atomic mass is 32.1. The van der Waals surface area contributed by atoms with E-state index in [2.05, 4.69) is 15.6 Å². The third kappa shape index (κ3) is 5.20. The van der Waals surface area contributed by atoms with Gasteiger partial charge in [0.05, 0.1) is 17.3 Å². The van der Waals surface area contributed by atoms with Gasteiger partial charge in [-0.3, -0.25) is 9.78 Å². The molecular weight excluding hydrogens is 524 g/mol. The van der Waals surface area contributed by atoms with E-state index in [-0.39, 0.29) is 29.5 Å². The van der Waals surface area contributed by atoms with Crippen LogP contribution < -0.4 is 15.5 Å². The van der Waals surface area contributed by atoms with Gasteiger partial charge in [-0.2, -0.15) is 0 Å². The van der Waals surface area contributed by atoms with Crippen LogP contribution in [0.15, 0.2) is 77.3 Å². The number of nitrogens with zero attached hydrogens (tertiary/aromatic N) is 2. The van der Waals surface area contributed by atoms with Crippen LogP contribution in [-0.4, -0.2) is 27.1 Å². The maximum atomic E-state index is 12.3. The summed E-state index contributed by atoms with van der Waals surface area (Å²) >= 11 is 5.84. The molecule has 1 amide bonds. The van der Waals surface area contributed by atoms with Crippen LogP contribution in [0.4, 0.5) is 11.4 Å². The lowest BCUT2D eigenvalue weighted by Crippen LogP contribution is -2.29. The van der Waals surface area contributed by atoms with E-state index in [0.29, 0.717) is 16.6 Å². The Hall–Kier alpha value is -4.50. The van der Waals surface area contributed by atoms with Crippen LogP contribution in [-0.2, 0) is 4.79 Å². The number of hydrogen-bond acceptors (Lipinski definition) is 5. The van der Waals surface area contributed by atoms with Crippen LogP contribution >= 0.6 is 12.2 Å². The van der Waals surface area contributed by atoms with Crippen LogP contribution in [0.2, 0.25) is 0 Å². The molecule has 5 rings (SSSR count). The van der Waals surface area contributed by atoms with E-state index in [4.69, 9.17) is 16.6 Å². The lowest BCUT2D eigenvalue weighted by molar-refractivity contribution is -0.118. The molecule has 3 N–H and O–H groups in total. The second-order valence-electron chi connectivity index (χ2n) is 10.2. The highest BCUT2D eigenvalue weighted by Gasteiger charge is 2.42. The van der Waals surface area contributed by atoms with Crippen molar-refractivity contribution in [3.63, 3.8) is 0 Å². The molecule has 2 atom stereocenters. The van der Waals surface area contributed by atoms with E-state index in [9.17, 15) is 14.7 Å². The summed E-state index contributed by atoms with van der Waals surface area (Å²) in [5.74, 6) is 0.158. The average Bonchev–Trinajstić information content (AvgIpc) is 3.54. The third-order valence-electron chi connectivity index (χ3n) is 7.03. The van der Waals surface area contributed by atoms with Crippen LogP contribution in [0.3, 0.4) is 0 Å². The maximum absolute atomic E-state index is 12.3. The minimum atomic E-state index is -0.973. The number of thiocarbonyl (C=S) groups is 1. The van der Waals surface area contributed by atoms with Crippen molar-refractivity contribution in [1.82, 2.24) is 10.3 Å². The number of carboxylic acid groups (broad SMARTS) is 1. The van der Waals surface area contributed by atoms with Gasteiger partial charge in [0.15, 0.2) is 5.11 Å². The Morgan fingerprint density at radius 1 is 1.05 bits per heavy atom. The van der Waals surface area contributed by atoms with E-state index in [1.54, 1.807) is 24.4 Å². The number of nitrogens with one attached hydrogen (secondary N) is 2. The first-order chi connectivity index (χ1) is 19.1. The summed E-state index contributed by atoms with van der Waals surface area (Å²) in [7, 11) is 0. The Bertz CT molecular complexity index is 1600. The second kappa shape index (κ2) is 10.9. The first-order valence-electron chi connectivity index (χ1n) is 13.0. The molecule has 1 fully saturated rings. The standard InChI is InChI=1S/C31H30N4O4S/c1-17(2)29(36)33-23-11-9-21(16-19(23)4)35-28(27(34-31(35)40)24-7-5-6-14-32-24)26-13-12-25(39-26)22-10-8-20(30(37)38)15-18(22)3/h5-17,27-28H,1-4H3,(H,33,36)(H,34,40)(H,37,38)/t27-,28-/m1/s1. The Balaban J connectivity index is 1.55. The van der Waals surface area contributed by atoms with E-state index >= 15 is 0 Å². The van der Waals surface area contributed by atoms with Crippen molar-refractivity contribution in [3.05, 3.63) is 101 Å². The zero-order chi connectivity index (χ0) is 28.6. The molecule has 0 unspecified atom stereocenters. The number of carbonyl (C=O) groups excluding carboxylic acids is 1. The number of carbonyl (C=O) groups is 2. The molecular formula is C31H30N4O4S. The summed E-state index contributed by atoms with van der Waals surface area (Å²) in [4.78, 5) is 30.3. The largest absolute Gasteiger partial charge is 0.478 e. The summed E-state index contributed by atoms with van der Waals surface area (Å²) in [5, 5.41) is 16.3. The van der Waals surface area contributed by atoms with E-state index < -0.39 is 5.97 Å². The first-order valence-corrected chi connectivity index (χ1v) is 13.4. The zero-order valence-corrected chi connectivity index (χ0v) is 23.5. The lowest BCUT2D eigenvalue weighted by atomic mass is 10.0. The molecule has 0 aliphatic carbocycles. The molecule has 0 spiro atoms. The van der Waals surface area contributed by atoms with Gasteiger partial charge in [-0.05, 0) is 91.8 Å². The van der Waals surface area contributed by atoms with Gasteiger partial charge in [0.2, 0.25) is 5.91 Å². The Morgan fingerprint density at radius 2 is 1.85 bits per heavy atom. The Kier molecular flexibility index (Phi) is 7.40. The van der Waals surface area contributed by atoms with Crippen molar-refractivity contribution < 1.29 is 19.1 Å². The molecule has 0 radical (unpaired) electrons. The van der Waals surface area contributed by atoms with Gasteiger partial charge in [-0.25, -0.2) is 4.79 Å². The number of pyridine rings is 1. The molecule has 1 saturated heterocycles. The quantitative estimate of drug-likeness (QED) is 0.224. The normalized spacial score (nSPS) is 16.7. The van der Waals surface area contributed by atoms with Crippen molar-refractivity contribution in [2.24, 2.45) is 5.92 Å². The molecule has 0 bridgehead atoms. The summed E-state index contributed by atoms with van der Waals surface area (Å²) in [6, 6.07) is 19.7. The number of rotatable bonds is 7. The number of aromatic nitrogens is 1. The van der Waals surface area contributed by atoms with Gasteiger partial charge < -0.3 is 25.1 Å². The van der Waals surface area contributed by atoms with Gasteiger partial charge in [0.1, 0.15) is 17.6 Å². The van der Waals surface area contributed by atoms with Crippen LogP contribution in [0.1, 0.15) is 58.9 Å². The number of anilines is 2. The smallest absolute Gasteiger partial charge is 0.335 e. The van der Waals surface area contributed by atoms with Crippen LogP contribution in [0, 0.1) is 19.8 Å². The fourth-order valence-corrected chi connectivity index (χ4v) is 5.21. The SMILES string of the molecule is Cc1cc(N2C(=S)N[C@H](c3ccccn3)[C@H]2c2ccc(-c3ccc(C(=O)O)cc3C)o2)ccc1NC(=O)C(C)C. The number of hydrogen-bond donors (Lipinski definition) is 3. The van der Waals surface area contributed by atoms with Crippen LogP contribution in [0.25, 0.3) is 11.3 Å². The number of amides is 1. The number of carboxylic acids is 1. The second-order valence-corrected chi connectivity index (χ2v) is 10.6. The fourth-order valence-electron chi connectivity index (χ4n) is 4.87. The molecule has 40 heavy (non-hydrogen) atoms. The molecule has 2 aromatic carbocycles. The highest BCUT2D eigenvalue weighted by molar-refractivity contribution is 7.80. The number of benzene rings is 2. The first kappa shape index (κ1) is 27.1. The van der Waals surface area contributed by atoms with Gasteiger partial charge in [0.25, 0.3) is 0 Å². The van der Waals surface area contributed by atoms with Crippen molar-refractivity contribution in [2.75, 3.05) is 10.2 Å². The summed E-state index contributed by atoms with van der Waals surface area (Å²) in [6.45, 7) is 7.53. The monoisotopic (exact) mass is 554 g/mol. The maximum Gasteiger partial charge on any atom is 0.335 e. The molecule has 204 valence electrons. The Labute approximate surface area is 238 Å². The average molecular weight is 555 g/mol. The third-order valence-corrected chi connectivity index (χ3v) is 7.34. The van der Waals surface area contributed by atoms with Crippen molar-refractivity contribution in [1.29, 1.82) is 0 Å². The molecule has 8 nitrogen and oxygen atoms in total. The molecule has 1 aliphatic rings. The van der Waals surface area contributed by atoms with E-state index in [1.165, 1.54) is 0 Å². The van der Waals surface area contributed by atoms with Gasteiger partial charge in [-0.15, -0.1) is 0 Å². The van der Waals surface area contributed by atoms with Gasteiger partial charge in [-0.1, -0.05) is 26.0 Å². The number of aromatic carboxylic acids is 1. The molecule has 1 aliphatic heterocycles. The van der Waals surface area contributed by atoms with Crippen molar-refractivity contribution in [2.45, 2.75) is 39.8 Å². The number of furan rings is 1. The minimum absolute atomic E-state index is 0.0444. The molecule has 9 heteroatoms. The fraction of sp³-hybridized carbons (Fsp3) is 0.226. The minimum Gasteiger partial charge on any atom is -0.478 e. The predicted molar refractivity (Wildman–Crippen MR) is 158 cm³/mol. The molecule has 0 saturated carbocycles. The van der Waals surface area contributed by atoms with E-state index in [0.717, 1.165) is 33.8 Å². The Morgan fingerprint density at radius 3 is 2.50 bits per heavy atom. The number of aryl methyl sites for hydroxylation is 2. The van der Waals surface area contributed by atoms with E-state index in [1.807, 2.05) is 81.1 Å². The summed E-state index contributed by atoms with van der Waals surface area (Å²) in [6.07, 6.45) is 1.75.